The summed E-state index contributed by atoms with van der Waals surface area (Å²) in [7, 11) is 3.72. The van der Waals surface area contributed by atoms with Gasteiger partial charge >= 0.3 is 0 Å². The maximum absolute atomic E-state index is 10.7. The van der Waals surface area contributed by atoms with Crippen molar-refractivity contribution in [2.45, 2.75) is 0 Å². The van der Waals surface area contributed by atoms with Gasteiger partial charge < -0.3 is 15.0 Å². The molecule has 0 radical (unpaired) electrons. The van der Waals surface area contributed by atoms with Crippen LogP contribution in [0.4, 0.5) is 10.9 Å². The van der Waals surface area contributed by atoms with Crippen molar-refractivity contribution in [3.63, 3.8) is 0 Å². The number of aldehydes is 1. The Balaban J connectivity index is 1.94. The van der Waals surface area contributed by atoms with Crippen molar-refractivity contribution < 1.29 is 4.79 Å². The fourth-order valence-electron chi connectivity index (χ4n) is 2.39. The number of aromatic nitrogens is 2. The predicted octanol–water partition coefficient (Wildman–Crippen LogP) is 3.55. The first-order chi connectivity index (χ1) is 11.7. The summed E-state index contributed by atoms with van der Waals surface area (Å²) < 4.78 is 0. The summed E-state index contributed by atoms with van der Waals surface area (Å²) in [6.07, 6.45) is 2.64. The Kier molecular flexibility index (Phi) is 4.86. The van der Waals surface area contributed by atoms with E-state index in [9.17, 15) is 4.79 Å². The van der Waals surface area contributed by atoms with Crippen LogP contribution < -0.4 is 10.2 Å². The first-order valence-electron chi connectivity index (χ1n) is 7.56. The van der Waals surface area contributed by atoms with Crippen LogP contribution in [0, 0.1) is 0 Å². The molecule has 2 heterocycles. The van der Waals surface area contributed by atoms with Crippen LogP contribution in [0.25, 0.3) is 22.4 Å². The van der Waals surface area contributed by atoms with Crippen molar-refractivity contribution in [3.8, 4) is 22.4 Å². The number of hydrogen-bond donors (Lipinski definition) is 1. The largest absolute Gasteiger partial charge is 0.365 e. The third kappa shape index (κ3) is 3.44. The zero-order valence-electron chi connectivity index (χ0n) is 13.6. The molecule has 0 amide bonds. The lowest BCUT2D eigenvalue weighted by atomic mass is 10.0. The highest BCUT2D eigenvalue weighted by Crippen LogP contribution is 2.29. The second-order valence-electron chi connectivity index (χ2n) is 5.32. The Morgan fingerprint density at radius 1 is 1.21 bits per heavy atom. The maximum Gasteiger partial charge on any atom is 0.182 e. The van der Waals surface area contributed by atoms with E-state index in [1.54, 1.807) is 17.5 Å². The molecule has 0 saturated carbocycles. The van der Waals surface area contributed by atoms with Crippen molar-refractivity contribution >= 4 is 28.6 Å². The fourth-order valence-corrected chi connectivity index (χ4v) is 3.07. The molecular formula is C18H18N4OS. The molecule has 0 atom stereocenters. The van der Waals surface area contributed by atoms with E-state index in [1.807, 2.05) is 42.6 Å². The molecule has 3 aromatic rings. The molecule has 0 unspecified atom stereocenters. The zero-order chi connectivity index (χ0) is 16.9. The van der Waals surface area contributed by atoms with Gasteiger partial charge in [-0.3, -0.25) is 0 Å². The Morgan fingerprint density at radius 3 is 2.75 bits per heavy atom. The van der Waals surface area contributed by atoms with Gasteiger partial charge in [0.15, 0.2) is 5.13 Å². The molecular weight excluding hydrogens is 320 g/mol. The van der Waals surface area contributed by atoms with Gasteiger partial charge in [-0.25, -0.2) is 9.97 Å². The highest BCUT2D eigenvalue weighted by Gasteiger charge is 2.08. The van der Waals surface area contributed by atoms with Crippen molar-refractivity contribution in [1.29, 1.82) is 0 Å². The van der Waals surface area contributed by atoms with Crippen molar-refractivity contribution in [3.05, 3.63) is 48.0 Å². The van der Waals surface area contributed by atoms with Crippen molar-refractivity contribution in [1.82, 2.24) is 9.97 Å². The molecule has 122 valence electrons. The monoisotopic (exact) mass is 338 g/mol. The number of rotatable bonds is 6. The molecule has 6 heteroatoms. The number of thiazole rings is 1. The minimum absolute atomic E-state index is 0.322. The molecule has 0 fully saturated rings. The van der Waals surface area contributed by atoms with E-state index in [0.29, 0.717) is 6.54 Å². The number of anilines is 2. The van der Waals surface area contributed by atoms with Crippen molar-refractivity contribution in [2.24, 2.45) is 0 Å². The van der Waals surface area contributed by atoms with Gasteiger partial charge in [-0.15, -0.1) is 11.3 Å². The Hall–Kier alpha value is -2.73. The van der Waals surface area contributed by atoms with Gasteiger partial charge in [0.25, 0.3) is 0 Å². The molecule has 0 aliphatic rings. The first-order valence-corrected chi connectivity index (χ1v) is 8.44. The second kappa shape index (κ2) is 7.23. The number of carbonyl (C=O) groups excluding carboxylic acids is 1. The summed E-state index contributed by atoms with van der Waals surface area (Å²) in [5.41, 5.74) is 4.18. The van der Waals surface area contributed by atoms with Crippen LogP contribution in [0.15, 0.2) is 48.0 Å². The van der Waals surface area contributed by atoms with Crippen LogP contribution in [0.3, 0.4) is 0 Å². The van der Waals surface area contributed by atoms with Gasteiger partial charge in [0.1, 0.15) is 12.1 Å². The van der Waals surface area contributed by atoms with Crippen LogP contribution in [-0.2, 0) is 4.79 Å². The maximum atomic E-state index is 10.7. The van der Waals surface area contributed by atoms with E-state index >= 15 is 0 Å². The van der Waals surface area contributed by atoms with Crippen LogP contribution in [0.2, 0.25) is 0 Å². The summed E-state index contributed by atoms with van der Waals surface area (Å²) in [6.45, 7) is 0.322. The van der Waals surface area contributed by atoms with Gasteiger partial charge in [-0.2, -0.15) is 0 Å². The zero-order valence-corrected chi connectivity index (χ0v) is 14.4. The van der Waals surface area contributed by atoms with Gasteiger partial charge in [-0.05, 0) is 29.3 Å². The van der Waals surface area contributed by atoms with Crippen LogP contribution in [0.5, 0.6) is 0 Å². The smallest absolute Gasteiger partial charge is 0.182 e. The van der Waals surface area contributed by atoms with Crippen LogP contribution >= 0.6 is 11.3 Å². The lowest BCUT2D eigenvalue weighted by Crippen LogP contribution is -2.20. The summed E-state index contributed by atoms with van der Waals surface area (Å²) in [5, 5.41) is 6.00. The quantitative estimate of drug-likeness (QED) is 0.697. The molecule has 0 saturated heterocycles. The van der Waals surface area contributed by atoms with Crippen molar-refractivity contribution in [2.75, 3.05) is 30.9 Å². The number of nitrogens with zero attached hydrogens (tertiary/aromatic N) is 3. The molecule has 24 heavy (non-hydrogen) atoms. The van der Waals surface area contributed by atoms with Crippen LogP contribution in [0.1, 0.15) is 0 Å². The number of likely N-dealkylation sites (N-methyl/N-ethyl adjacent to an activating group) is 1. The van der Waals surface area contributed by atoms with E-state index in [1.165, 1.54) is 0 Å². The normalized spacial score (nSPS) is 10.4. The Bertz CT molecular complexity index is 846. The lowest BCUT2D eigenvalue weighted by Gasteiger charge is -2.15. The standard InChI is InChI=1S/C18H18N4OS/c1-19-18-21-16(12-24-18)15-5-3-4-13(10-15)14-6-7-20-17(11-14)22(2)8-9-23/h3-7,9-12H,8H2,1-2H3,(H,19,21). The van der Waals surface area contributed by atoms with Gasteiger partial charge in [0, 0.05) is 31.2 Å². The highest BCUT2D eigenvalue weighted by molar-refractivity contribution is 7.14. The number of hydrogen-bond acceptors (Lipinski definition) is 6. The fraction of sp³-hybridized carbons (Fsp3) is 0.167. The van der Waals surface area contributed by atoms with E-state index in [-0.39, 0.29) is 0 Å². The molecule has 0 spiro atoms. The number of pyridine rings is 1. The van der Waals surface area contributed by atoms with Crippen LogP contribution in [-0.4, -0.2) is 36.9 Å². The summed E-state index contributed by atoms with van der Waals surface area (Å²) in [6, 6.07) is 12.2. The third-order valence-corrected chi connectivity index (χ3v) is 4.55. The SMILES string of the molecule is CNc1nc(-c2cccc(-c3ccnc(N(C)CC=O)c3)c2)cs1. The van der Waals surface area contributed by atoms with E-state index in [2.05, 4.69) is 33.5 Å². The van der Waals surface area contributed by atoms with E-state index in [0.717, 1.165) is 39.6 Å². The van der Waals surface area contributed by atoms with Gasteiger partial charge in [0.2, 0.25) is 0 Å². The van der Waals surface area contributed by atoms with Gasteiger partial charge in [0.05, 0.1) is 12.2 Å². The molecule has 5 nitrogen and oxygen atoms in total. The number of benzene rings is 1. The third-order valence-electron chi connectivity index (χ3n) is 3.69. The minimum atomic E-state index is 0.322. The Morgan fingerprint density at radius 2 is 2.00 bits per heavy atom. The molecule has 2 aromatic heterocycles. The van der Waals surface area contributed by atoms with E-state index < -0.39 is 0 Å². The Labute approximate surface area is 145 Å². The molecule has 0 bridgehead atoms. The minimum Gasteiger partial charge on any atom is -0.365 e. The lowest BCUT2D eigenvalue weighted by molar-refractivity contribution is -0.106. The average molecular weight is 338 g/mol. The molecule has 3 rings (SSSR count). The molecule has 0 aliphatic heterocycles. The number of nitrogens with one attached hydrogen (secondary N) is 1. The summed E-state index contributed by atoms with van der Waals surface area (Å²) in [4.78, 5) is 21.4. The average Bonchev–Trinajstić information content (AvgIpc) is 3.11. The van der Waals surface area contributed by atoms with E-state index in [4.69, 9.17) is 0 Å². The number of carbonyl (C=O) groups is 1. The highest BCUT2D eigenvalue weighted by atomic mass is 32.1. The van der Waals surface area contributed by atoms with Gasteiger partial charge in [-0.1, -0.05) is 18.2 Å². The molecule has 1 N–H and O–H groups in total. The topological polar surface area (TPSA) is 58.1 Å². The second-order valence-corrected chi connectivity index (χ2v) is 6.18. The summed E-state index contributed by atoms with van der Waals surface area (Å²) >= 11 is 1.59. The molecule has 1 aromatic carbocycles. The molecule has 0 aliphatic carbocycles. The first kappa shape index (κ1) is 16.1. The summed E-state index contributed by atoms with van der Waals surface area (Å²) in [5.74, 6) is 0.774. The predicted molar refractivity (Wildman–Crippen MR) is 99.7 cm³/mol.